The summed E-state index contributed by atoms with van der Waals surface area (Å²) in [7, 11) is -3.80. The van der Waals surface area contributed by atoms with Crippen LogP contribution in [0.5, 0.6) is 5.75 Å². The van der Waals surface area contributed by atoms with Gasteiger partial charge in [0.1, 0.15) is 5.75 Å². The summed E-state index contributed by atoms with van der Waals surface area (Å²) in [5.74, 6) is -0.466. The Balaban J connectivity index is 1.65. The summed E-state index contributed by atoms with van der Waals surface area (Å²) in [5, 5.41) is 13.0. The van der Waals surface area contributed by atoms with Gasteiger partial charge in [-0.2, -0.15) is 0 Å². The Morgan fingerprint density at radius 3 is 2.07 bits per heavy atom. The van der Waals surface area contributed by atoms with E-state index in [0.29, 0.717) is 12.0 Å². The van der Waals surface area contributed by atoms with Crippen LogP contribution in [0.3, 0.4) is 0 Å². The van der Waals surface area contributed by atoms with E-state index in [0.717, 1.165) is 16.7 Å². The molecule has 44 heavy (non-hydrogen) atoms. The van der Waals surface area contributed by atoms with Crippen molar-refractivity contribution in [3.8, 4) is 16.9 Å². The standard InChI is InChI=1S/C34H44N2O7S/c1-22(2)43-29-21-27(17-18-28(29)32(38)36-44(40,41)23(3)4)25-15-13-24(14-16-25)19-20-42-33(39)35-31(34(5,6)7)30(37)26-11-9-8-10-12-26/h8-18,21-23,30-31,37H,19-20H2,1-7H3,(H,35,39)(H,36,38)/t30-,31?/m1/s1. The van der Waals surface area contributed by atoms with Crippen LogP contribution in [-0.4, -0.2) is 49.5 Å². The second kappa shape index (κ2) is 14.7. The highest BCUT2D eigenvalue weighted by atomic mass is 32.2. The Morgan fingerprint density at radius 1 is 0.886 bits per heavy atom. The maximum absolute atomic E-state index is 12.8. The van der Waals surface area contributed by atoms with Crippen molar-refractivity contribution in [2.24, 2.45) is 5.41 Å². The van der Waals surface area contributed by atoms with Gasteiger partial charge in [-0.25, -0.2) is 17.9 Å². The number of carbonyl (C=O) groups excluding carboxylic acids is 2. The van der Waals surface area contributed by atoms with Crippen LogP contribution >= 0.6 is 0 Å². The SMILES string of the molecule is CC(C)Oc1cc(-c2ccc(CCOC(=O)NC([C@H](O)c3ccccc3)C(C)(C)C)cc2)ccc1C(=O)NS(=O)(=O)C(C)C. The Morgan fingerprint density at radius 2 is 1.50 bits per heavy atom. The zero-order valence-electron chi connectivity index (χ0n) is 26.5. The predicted molar refractivity (Wildman–Crippen MR) is 172 cm³/mol. The van der Waals surface area contributed by atoms with Gasteiger partial charge in [0.2, 0.25) is 10.0 Å². The average molecular weight is 625 g/mol. The number of ether oxygens (including phenoxy) is 2. The molecule has 0 saturated heterocycles. The molecule has 0 aliphatic carbocycles. The van der Waals surface area contributed by atoms with Crippen LogP contribution < -0.4 is 14.8 Å². The minimum Gasteiger partial charge on any atom is -0.490 e. The lowest BCUT2D eigenvalue weighted by Gasteiger charge is -2.35. The Hall–Kier alpha value is -3.89. The first-order valence-electron chi connectivity index (χ1n) is 14.7. The largest absolute Gasteiger partial charge is 0.490 e. The second-order valence-electron chi connectivity index (χ2n) is 12.3. The summed E-state index contributed by atoms with van der Waals surface area (Å²) >= 11 is 0. The van der Waals surface area contributed by atoms with Gasteiger partial charge in [0.05, 0.1) is 35.7 Å². The number of sulfonamides is 1. The quantitative estimate of drug-likeness (QED) is 0.224. The Kier molecular flexibility index (Phi) is 11.6. The minimum atomic E-state index is -3.80. The molecule has 3 aromatic carbocycles. The number of hydrogen-bond donors (Lipinski definition) is 3. The number of hydrogen-bond acceptors (Lipinski definition) is 7. The van der Waals surface area contributed by atoms with Crippen LogP contribution in [0.15, 0.2) is 72.8 Å². The number of amides is 2. The third-order valence-electron chi connectivity index (χ3n) is 7.02. The maximum atomic E-state index is 12.8. The third kappa shape index (κ3) is 9.56. The van der Waals surface area contributed by atoms with Crippen molar-refractivity contribution in [3.05, 3.63) is 89.5 Å². The van der Waals surface area contributed by atoms with Crippen molar-refractivity contribution in [2.45, 2.75) is 78.4 Å². The number of aliphatic hydroxyl groups excluding tert-OH is 1. The molecule has 3 rings (SSSR count). The summed E-state index contributed by atoms with van der Waals surface area (Å²) in [5.41, 5.74) is 3.03. The average Bonchev–Trinajstić information content (AvgIpc) is 2.95. The van der Waals surface area contributed by atoms with Gasteiger partial charge in [-0.05, 0) is 67.5 Å². The topological polar surface area (TPSA) is 131 Å². The molecule has 0 heterocycles. The number of benzene rings is 3. The number of aliphatic hydroxyl groups is 1. The van der Waals surface area contributed by atoms with Crippen LogP contribution in [0.4, 0.5) is 4.79 Å². The van der Waals surface area contributed by atoms with Gasteiger partial charge in [0.15, 0.2) is 0 Å². The Labute approximate surface area is 261 Å². The summed E-state index contributed by atoms with van der Waals surface area (Å²) < 4.78 is 37.9. The molecule has 10 heteroatoms. The molecule has 9 nitrogen and oxygen atoms in total. The van der Waals surface area contributed by atoms with Gasteiger partial charge in [-0.1, -0.05) is 81.4 Å². The van der Waals surface area contributed by atoms with Crippen molar-refractivity contribution in [2.75, 3.05) is 6.61 Å². The number of alkyl carbamates (subject to hydrolysis) is 1. The van der Waals surface area contributed by atoms with E-state index in [4.69, 9.17) is 9.47 Å². The second-order valence-corrected chi connectivity index (χ2v) is 14.6. The fourth-order valence-electron chi connectivity index (χ4n) is 4.45. The first-order valence-corrected chi connectivity index (χ1v) is 16.3. The fourth-order valence-corrected chi connectivity index (χ4v) is 5.05. The van der Waals surface area contributed by atoms with Gasteiger partial charge in [0, 0.05) is 6.42 Å². The predicted octanol–water partition coefficient (Wildman–Crippen LogP) is 6.03. The molecule has 0 spiro atoms. The van der Waals surface area contributed by atoms with E-state index in [-0.39, 0.29) is 24.0 Å². The van der Waals surface area contributed by atoms with E-state index >= 15 is 0 Å². The number of carbonyl (C=O) groups is 2. The first kappa shape index (κ1) is 34.6. The molecular formula is C34H44N2O7S. The molecule has 0 bridgehead atoms. The molecule has 0 radical (unpaired) electrons. The normalized spacial score (nSPS) is 13.3. The van der Waals surface area contributed by atoms with Gasteiger partial charge < -0.3 is 19.9 Å². The summed E-state index contributed by atoms with van der Waals surface area (Å²) in [6.45, 7) is 12.6. The number of rotatable bonds is 12. The van der Waals surface area contributed by atoms with Crippen molar-refractivity contribution in [1.82, 2.24) is 10.0 Å². The van der Waals surface area contributed by atoms with E-state index in [1.54, 1.807) is 18.2 Å². The lowest BCUT2D eigenvalue weighted by molar-refractivity contribution is 0.0613. The van der Waals surface area contributed by atoms with E-state index in [1.807, 2.05) is 89.2 Å². The van der Waals surface area contributed by atoms with Crippen LogP contribution in [0, 0.1) is 5.41 Å². The molecule has 0 saturated carbocycles. The van der Waals surface area contributed by atoms with Crippen LogP contribution in [0.25, 0.3) is 11.1 Å². The van der Waals surface area contributed by atoms with Crippen LogP contribution in [-0.2, 0) is 21.2 Å². The maximum Gasteiger partial charge on any atom is 0.407 e. The molecule has 0 fully saturated rings. The molecule has 2 atom stereocenters. The van der Waals surface area contributed by atoms with Gasteiger partial charge in [-0.15, -0.1) is 0 Å². The molecule has 3 aromatic rings. The Bertz CT molecular complexity index is 1510. The molecular weight excluding hydrogens is 580 g/mol. The van der Waals surface area contributed by atoms with Crippen LogP contribution in [0.1, 0.15) is 76.1 Å². The number of nitrogens with one attached hydrogen (secondary N) is 2. The monoisotopic (exact) mass is 624 g/mol. The summed E-state index contributed by atoms with van der Waals surface area (Å²) in [6, 6.07) is 21.3. The summed E-state index contributed by atoms with van der Waals surface area (Å²) in [4.78, 5) is 25.4. The highest BCUT2D eigenvalue weighted by molar-refractivity contribution is 7.90. The van der Waals surface area contributed by atoms with E-state index in [9.17, 15) is 23.1 Å². The van der Waals surface area contributed by atoms with Crippen molar-refractivity contribution < 1.29 is 32.6 Å². The first-order chi connectivity index (χ1) is 20.6. The molecule has 1 unspecified atom stereocenters. The molecule has 238 valence electrons. The molecule has 0 aromatic heterocycles. The zero-order chi connectivity index (χ0) is 32.7. The highest BCUT2D eigenvalue weighted by Gasteiger charge is 2.34. The molecule has 0 aliphatic heterocycles. The van der Waals surface area contributed by atoms with Crippen LogP contribution in [0.2, 0.25) is 0 Å². The molecule has 0 aliphatic rings. The van der Waals surface area contributed by atoms with Gasteiger partial charge >= 0.3 is 6.09 Å². The molecule has 2 amide bonds. The zero-order valence-corrected chi connectivity index (χ0v) is 27.3. The van der Waals surface area contributed by atoms with Crippen molar-refractivity contribution >= 4 is 22.0 Å². The lowest BCUT2D eigenvalue weighted by atomic mass is 9.81. The smallest absolute Gasteiger partial charge is 0.407 e. The third-order valence-corrected chi connectivity index (χ3v) is 8.73. The van der Waals surface area contributed by atoms with E-state index in [2.05, 4.69) is 10.0 Å². The van der Waals surface area contributed by atoms with Crippen molar-refractivity contribution in [1.29, 1.82) is 0 Å². The lowest BCUT2D eigenvalue weighted by Crippen LogP contribution is -2.48. The highest BCUT2D eigenvalue weighted by Crippen LogP contribution is 2.31. The minimum absolute atomic E-state index is 0.128. The fraction of sp³-hybridized carbons (Fsp3) is 0.412. The van der Waals surface area contributed by atoms with Gasteiger partial charge in [-0.3, -0.25) is 4.79 Å². The van der Waals surface area contributed by atoms with E-state index < -0.39 is 44.8 Å². The summed E-state index contributed by atoms with van der Waals surface area (Å²) in [6.07, 6.45) is -1.24. The van der Waals surface area contributed by atoms with Crippen molar-refractivity contribution in [3.63, 3.8) is 0 Å². The molecule has 3 N–H and O–H groups in total. The van der Waals surface area contributed by atoms with Gasteiger partial charge in [0.25, 0.3) is 5.91 Å². The van der Waals surface area contributed by atoms with E-state index in [1.165, 1.54) is 13.8 Å².